The van der Waals surface area contributed by atoms with E-state index in [1.165, 1.54) is 19.3 Å². The Bertz CT molecular complexity index is 351. The fourth-order valence-corrected chi connectivity index (χ4v) is 4.53. The summed E-state index contributed by atoms with van der Waals surface area (Å²) in [7, 11) is 0. The van der Waals surface area contributed by atoms with Crippen LogP contribution in [-0.2, 0) is 9.59 Å². The summed E-state index contributed by atoms with van der Waals surface area (Å²) < 4.78 is 0. The summed E-state index contributed by atoms with van der Waals surface area (Å²) in [5.41, 5.74) is -0.641. The van der Waals surface area contributed by atoms with Gasteiger partial charge in [0.15, 0.2) is 0 Å². The third-order valence-electron chi connectivity index (χ3n) is 5.52. The van der Waals surface area contributed by atoms with E-state index in [9.17, 15) is 14.7 Å². The van der Waals surface area contributed by atoms with Gasteiger partial charge in [0.25, 0.3) is 0 Å². The van der Waals surface area contributed by atoms with Crippen molar-refractivity contribution in [2.45, 2.75) is 70.6 Å². The molecule has 0 spiro atoms. The van der Waals surface area contributed by atoms with Crippen molar-refractivity contribution in [3.63, 3.8) is 0 Å². The van der Waals surface area contributed by atoms with Crippen molar-refractivity contribution in [1.29, 1.82) is 0 Å². The van der Waals surface area contributed by atoms with Gasteiger partial charge in [-0.3, -0.25) is 9.59 Å². The molecule has 0 aromatic heterocycles. The minimum Gasteiger partial charge on any atom is -0.481 e. The molecule has 1 unspecified atom stereocenters. The zero-order valence-corrected chi connectivity index (χ0v) is 12.1. The Morgan fingerprint density at radius 3 is 2.10 bits per heavy atom. The molecule has 2 rings (SSSR count). The zero-order chi connectivity index (χ0) is 14.6. The highest BCUT2D eigenvalue weighted by Crippen LogP contribution is 2.52. The van der Waals surface area contributed by atoms with Gasteiger partial charge in [-0.15, -0.1) is 0 Å². The Balaban J connectivity index is 2.18. The Morgan fingerprint density at radius 1 is 1.00 bits per heavy atom. The maximum atomic E-state index is 11.9. The quantitative estimate of drug-likeness (QED) is 0.779. The van der Waals surface area contributed by atoms with E-state index in [4.69, 9.17) is 5.11 Å². The summed E-state index contributed by atoms with van der Waals surface area (Å²) in [5.74, 6) is -1.02. The van der Waals surface area contributed by atoms with Crippen molar-refractivity contribution in [3.8, 4) is 0 Å². The maximum Gasteiger partial charge on any atom is 0.309 e. The molecule has 2 aliphatic rings. The number of carboxylic acid groups (broad SMARTS) is 2. The summed E-state index contributed by atoms with van der Waals surface area (Å²) in [6.07, 6.45) is 9.81. The maximum absolute atomic E-state index is 11.9. The lowest BCUT2D eigenvalue weighted by molar-refractivity contribution is -0.155. The smallest absolute Gasteiger partial charge is 0.309 e. The van der Waals surface area contributed by atoms with Crippen LogP contribution >= 0.6 is 0 Å². The van der Waals surface area contributed by atoms with Crippen LogP contribution in [0.15, 0.2) is 0 Å². The zero-order valence-electron chi connectivity index (χ0n) is 12.1. The largest absolute Gasteiger partial charge is 0.481 e. The van der Waals surface area contributed by atoms with E-state index in [2.05, 4.69) is 0 Å². The van der Waals surface area contributed by atoms with Crippen LogP contribution in [0, 0.1) is 17.3 Å². The minimum atomic E-state index is -0.802. The van der Waals surface area contributed by atoms with E-state index in [0.29, 0.717) is 12.3 Å². The Kier molecular flexibility index (Phi) is 5.06. The van der Waals surface area contributed by atoms with Crippen LogP contribution in [0.1, 0.15) is 70.6 Å². The summed E-state index contributed by atoms with van der Waals surface area (Å²) in [4.78, 5) is 22.8. The van der Waals surface area contributed by atoms with Crippen molar-refractivity contribution in [2.75, 3.05) is 0 Å². The number of hydrogen-bond donors (Lipinski definition) is 2. The molecular formula is C16H26O4. The van der Waals surface area contributed by atoms with Gasteiger partial charge in [-0.05, 0) is 31.1 Å². The molecule has 0 amide bonds. The van der Waals surface area contributed by atoms with Crippen LogP contribution < -0.4 is 0 Å². The average Bonchev–Trinajstić information content (AvgIpc) is 2.90. The molecule has 114 valence electrons. The van der Waals surface area contributed by atoms with Crippen molar-refractivity contribution in [2.24, 2.45) is 17.3 Å². The third kappa shape index (κ3) is 3.15. The molecule has 0 aromatic carbocycles. The molecule has 20 heavy (non-hydrogen) atoms. The first-order valence-electron chi connectivity index (χ1n) is 8.01. The van der Waals surface area contributed by atoms with Crippen molar-refractivity contribution >= 4 is 11.9 Å². The van der Waals surface area contributed by atoms with Crippen molar-refractivity contribution in [3.05, 3.63) is 0 Å². The molecule has 1 atom stereocenters. The fraction of sp³-hybridized carbons (Fsp3) is 0.875. The van der Waals surface area contributed by atoms with Crippen LogP contribution in [0.3, 0.4) is 0 Å². The van der Waals surface area contributed by atoms with Gasteiger partial charge < -0.3 is 10.2 Å². The predicted molar refractivity (Wildman–Crippen MR) is 75.5 cm³/mol. The second kappa shape index (κ2) is 6.59. The molecule has 0 radical (unpaired) electrons. The molecule has 4 nitrogen and oxygen atoms in total. The first-order valence-corrected chi connectivity index (χ1v) is 8.01. The van der Waals surface area contributed by atoms with Gasteiger partial charge in [0.05, 0.1) is 5.41 Å². The lowest BCUT2D eigenvalue weighted by atomic mass is 9.63. The first-order chi connectivity index (χ1) is 9.56. The molecular weight excluding hydrogens is 256 g/mol. The van der Waals surface area contributed by atoms with Crippen LogP contribution in [0.5, 0.6) is 0 Å². The lowest BCUT2D eigenvalue weighted by Crippen LogP contribution is -2.41. The van der Waals surface area contributed by atoms with Crippen molar-refractivity contribution < 1.29 is 19.8 Å². The summed E-state index contributed by atoms with van der Waals surface area (Å²) in [6.45, 7) is 0. The second-order valence-corrected chi connectivity index (χ2v) is 6.61. The molecule has 0 bridgehead atoms. The van der Waals surface area contributed by atoms with Crippen LogP contribution in [-0.4, -0.2) is 22.2 Å². The highest BCUT2D eigenvalue weighted by atomic mass is 16.4. The molecule has 2 saturated carbocycles. The average molecular weight is 282 g/mol. The SMILES string of the molecule is O=C(O)CCC(C1CCCCC1)C1(C(=O)O)CCCC1. The predicted octanol–water partition coefficient (Wildman–Crippen LogP) is 3.69. The normalized spacial score (nSPS) is 24.4. The lowest BCUT2D eigenvalue weighted by Gasteiger charge is -2.40. The van der Waals surface area contributed by atoms with E-state index in [1.54, 1.807) is 0 Å². The van der Waals surface area contributed by atoms with E-state index < -0.39 is 17.4 Å². The van der Waals surface area contributed by atoms with Gasteiger partial charge in [0, 0.05) is 6.42 Å². The first kappa shape index (κ1) is 15.3. The molecule has 2 fully saturated rings. The van der Waals surface area contributed by atoms with Gasteiger partial charge in [-0.2, -0.15) is 0 Å². The fourth-order valence-electron chi connectivity index (χ4n) is 4.53. The van der Waals surface area contributed by atoms with Crippen LogP contribution in [0.25, 0.3) is 0 Å². The molecule has 0 aliphatic heterocycles. The topological polar surface area (TPSA) is 74.6 Å². The highest BCUT2D eigenvalue weighted by molar-refractivity contribution is 5.75. The van der Waals surface area contributed by atoms with Crippen molar-refractivity contribution in [1.82, 2.24) is 0 Å². The molecule has 2 N–H and O–H groups in total. The number of carboxylic acids is 2. The summed E-state index contributed by atoms with van der Waals surface area (Å²) in [6, 6.07) is 0. The number of aliphatic carboxylic acids is 2. The molecule has 0 aromatic rings. The van der Waals surface area contributed by atoms with E-state index >= 15 is 0 Å². The Labute approximate surface area is 120 Å². The molecule has 0 saturated heterocycles. The van der Waals surface area contributed by atoms with Gasteiger partial charge >= 0.3 is 11.9 Å². The second-order valence-electron chi connectivity index (χ2n) is 6.61. The van der Waals surface area contributed by atoms with E-state index in [0.717, 1.165) is 38.5 Å². The Hall–Kier alpha value is -1.06. The van der Waals surface area contributed by atoms with Crippen LogP contribution in [0.4, 0.5) is 0 Å². The number of carbonyl (C=O) groups is 2. The number of hydrogen-bond acceptors (Lipinski definition) is 2. The molecule has 0 heterocycles. The number of rotatable bonds is 6. The summed E-state index contributed by atoms with van der Waals surface area (Å²) in [5, 5.41) is 18.8. The van der Waals surface area contributed by atoms with Gasteiger partial charge in [0.2, 0.25) is 0 Å². The minimum absolute atomic E-state index is 0.0545. The van der Waals surface area contributed by atoms with Crippen LogP contribution in [0.2, 0.25) is 0 Å². The standard InChI is InChI=1S/C16H26O4/c17-14(18)9-8-13(12-6-2-1-3-7-12)16(15(19)20)10-4-5-11-16/h12-13H,1-11H2,(H,17,18)(H,19,20). The van der Waals surface area contributed by atoms with E-state index in [1.807, 2.05) is 0 Å². The molecule has 2 aliphatic carbocycles. The highest BCUT2D eigenvalue weighted by Gasteiger charge is 2.50. The van der Waals surface area contributed by atoms with E-state index in [-0.39, 0.29) is 12.3 Å². The third-order valence-corrected chi connectivity index (χ3v) is 5.52. The van der Waals surface area contributed by atoms with Gasteiger partial charge in [-0.1, -0.05) is 44.9 Å². The molecule has 4 heteroatoms. The summed E-state index contributed by atoms with van der Waals surface area (Å²) >= 11 is 0. The monoisotopic (exact) mass is 282 g/mol. The van der Waals surface area contributed by atoms with Gasteiger partial charge in [0.1, 0.15) is 0 Å². The van der Waals surface area contributed by atoms with Gasteiger partial charge in [-0.25, -0.2) is 0 Å². The Morgan fingerprint density at radius 2 is 1.60 bits per heavy atom.